The number of nitrogens with zero attached hydrogens (tertiary/aromatic N) is 3. The van der Waals surface area contributed by atoms with Gasteiger partial charge in [-0.3, -0.25) is 9.78 Å². The van der Waals surface area contributed by atoms with Crippen LogP contribution in [0.4, 0.5) is 13.2 Å². The molecule has 0 saturated carbocycles. The van der Waals surface area contributed by atoms with Gasteiger partial charge in [0, 0.05) is 37.8 Å². The molecule has 0 radical (unpaired) electrons. The number of fused-ring (bicyclic) bond motifs is 1. The molecule has 2 aromatic rings. The van der Waals surface area contributed by atoms with Gasteiger partial charge in [0.15, 0.2) is 6.61 Å². The second-order valence-electron chi connectivity index (χ2n) is 7.70. The van der Waals surface area contributed by atoms with Gasteiger partial charge < -0.3 is 9.64 Å². The number of hydrogen-bond acceptors (Lipinski definition) is 5. The Kier molecular flexibility index (Phi) is 5.82. The molecule has 0 N–H and O–H groups in total. The third-order valence-corrected chi connectivity index (χ3v) is 8.04. The quantitative estimate of drug-likeness (QED) is 0.690. The number of aromatic nitrogens is 1. The van der Waals surface area contributed by atoms with Gasteiger partial charge in [0.1, 0.15) is 5.75 Å². The monoisotopic (exact) mass is 457 g/mol. The van der Waals surface area contributed by atoms with Crippen molar-refractivity contribution in [2.45, 2.75) is 30.7 Å². The third-order valence-electron chi connectivity index (χ3n) is 5.73. The van der Waals surface area contributed by atoms with E-state index in [-0.39, 0.29) is 23.2 Å². The van der Waals surface area contributed by atoms with Crippen molar-refractivity contribution >= 4 is 26.8 Å². The summed E-state index contributed by atoms with van der Waals surface area (Å²) in [5.41, 5.74) is -1.13. The van der Waals surface area contributed by atoms with Gasteiger partial charge >= 0.3 is 6.18 Å². The van der Waals surface area contributed by atoms with Gasteiger partial charge in [-0.2, -0.15) is 13.2 Å². The molecule has 2 saturated heterocycles. The van der Waals surface area contributed by atoms with Gasteiger partial charge in [0.2, 0.25) is 10.0 Å². The first-order chi connectivity index (χ1) is 14.7. The van der Waals surface area contributed by atoms with Crippen LogP contribution in [-0.2, 0) is 21.0 Å². The zero-order valence-electron chi connectivity index (χ0n) is 16.6. The smallest absolute Gasteiger partial charge is 0.418 e. The number of benzene rings is 1. The number of para-hydroxylation sites is 1. The zero-order chi connectivity index (χ0) is 22.2. The summed E-state index contributed by atoms with van der Waals surface area (Å²) in [4.78, 5) is 17.8. The first kappa shape index (κ1) is 21.8. The van der Waals surface area contributed by atoms with E-state index in [0.29, 0.717) is 26.1 Å². The van der Waals surface area contributed by atoms with Crippen LogP contribution in [0.5, 0.6) is 5.75 Å². The van der Waals surface area contributed by atoms with Crippen molar-refractivity contribution in [2.24, 2.45) is 0 Å². The van der Waals surface area contributed by atoms with Crippen molar-refractivity contribution in [3.05, 3.63) is 36.0 Å². The molecule has 3 heterocycles. The topological polar surface area (TPSA) is 79.8 Å². The van der Waals surface area contributed by atoms with E-state index in [4.69, 9.17) is 4.74 Å². The Labute approximate surface area is 177 Å². The highest BCUT2D eigenvalue weighted by molar-refractivity contribution is 7.89. The van der Waals surface area contributed by atoms with Crippen molar-refractivity contribution in [3.8, 4) is 5.75 Å². The molecule has 0 aliphatic carbocycles. The summed E-state index contributed by atoms with van der Waals surface area (Å²) in [7, 11) is -3.44. The molecule has 2 aliphatic heterocycles. The Morgan fingerprint density at radius 1 is 1.16 bits per heavy atom. The highest BCUT2D eigenvalue weighted by Gasteiger charge is 2.39. The zero-order valence-corrected chi connectivity index (χ0v) is 17.5. The largest absolute Gasteiger partial charge is 0.483 e. The number of amides is 1. The number of alkyl halides is 3. The molecule has 0 spiro atoms. The van der Waals surface area contributed by atoms with E-state index < -0.39 is 39.5 Å². The highest BCUT2D eigenvalue weighted by Crippen LogP contribution is 2.36. The number of halogens is 3. The van der Waals surface area contributed by atoms with E-state index in [1.165, 1.54) is 33.6 Å². The van der Waals surface area contributed by atoms with Crippen LogP contribution in [0.2, 0.25) is 0 Å². The first-order valence-corrected chi connectivity index (χ1v) is 11.5. The van der Waals surface area contributed by atoms with E-state index in [1.54, 1.807) is 0 Å². The molecule has 1 amide bonds. The Morgan fingerprint density at radius 2 is 1.90 bits per heavy atom. The summed E-state index contributed by atoms with van der Waals surface area (Å²) in [5.74, 6) is -0.291. The van der Waals surface area contributed by atoms with Crippen molar-refractivity contribution in [2.75, 3.05) is 32.8 Å². The highest BCUT2D eigenvalue weighted by atomic mass is 32.2. The molecular weight excluding hydrogens is 435 g/mol. The molecule has 1 aromatic carbocycles. The van der Waals surface area contributed by atoms with Crippen LogP contribution >= 0.6 is 0 Å². The van der Waals surface area contributed by atoms with Crippen LogP contribution in [0.15, 0.2) is 30.5 Å². The lowest BCUT2D eigenvalue weighted by molar-refractivity contribution is -0.136. The summed E-state index contributed by atoms with van der Waals surface area (Å²) < 4.78 is 72.1. The predicted octanol–water partition coefficient (Wildman–Crippen LogP) is 2.66. The average molecular weight is 457 g/mol. The maximum absolute atomic E-state index is 13.2. The Balaban J connectivity index is 1.43. The normalized spacial score (nSPS) is 20.5. The maximum Gasteiger partial charge on any atom is 0.418 e. The van der Waals surface area contributed by atoms with Crippen molar-refractivity contribution in [1.29, 1.82) is 0 Å². The number of carbonyl (C=O) groups excluding carboxylic acids is 1. The molecule has 2 fully saturated rings. The number of hydrogen-bond donors (Lipinski definition) is 0. The number of sulfonamides is 1. The molecule has 1 unspecified atom stereocenters. The van der Waals surface area contributed by atoms with Crippen LogP contribution in [0, 0.1) is 0 Å². The Bertz CT molecular complexity index is 1080. The molecule has 168 valence electrons. The number of rotatable bonds is 5. The maximum atomic E-state index is 13.2. The number of ether oxygens (including phenoxy) is 1. The lowest BCUT2D eigenvalue weighted by Crippen LogP contribution is -2.40. The number of likely N-dealkylation sites (tertiary alicyclic amines) is 1. The lowest BCUT2D eigenvalue weighted by atomic mass is 10.1. The van der Waals surface area contributed by atoms with E-state index >= 15 is 0 Å². The molecule has 7 nitrogen and oxygen atoms in total. The standard InChI is InChI=1S/C20H22F3N3O4S/c21-20(22,23)16-5-3-4-15-17(6-8-24-19(15)16)30-13-18(27)25-11-7-14(12-25)31(28,29)26-9-1-2-10-26/h3-6,8,14H,1-2,7,9-13H2. The minimum absolute atomic E-state index is 0.0936. The molecular formula is C20H22F3N3O4S. The predicted molar refractivity (Wildman–Crippen MR) is 107 cm³/mol. The van der Waals surface area contributed by atoms with E-state index in [9.17, 15) is 26.4 Å². The molecule has 0 bridgehead atoms. The minimum Gasteiger partial charge on any atom is -0.483 e. The second kappa shape index (κ2) is 8.27. The second-order valence-corrected chi connectivity index (χ2v) is 9.91. The van der Waals surface area contributed by atoms with Crippen LogP contribution < -0.4 is 4.74 Å². The van der Waals surface area contributed by atoms with Gasteiger partial charge in [-0.25, -0.2) is 12.7 Å². The summed E-state index contributed by atoms with van der Waals surface area (Å²) in [5, 5.41) is -0.480. The van der Waals surface area contributed by atoms with Gasteiger partial charge in [-0.05, 0) is 37.5 Å². The minimum atomic E-state index is -4.56. The fourth-order valence-corrected chi connectivity index (χ4v) is 6.05. The van der Waals surface area contributed by atoms with Crippen LogP contribution in [0.3, 0.4) is 0 Å². The van der Waals surface area contributed by atoms with Crippen molar-refractivity contribution < 1.29 is 31.1 Å². The first-order valence-electron chi connectivity index (χ1n) is 10.0. The van der Waals surface area contributed by atoms with Gasteiger partial charge in [0.05, 0.1) is 16.3 Å². The van der Waals surface area contributed by atoms with Crippen LogP contribution in [-0.4, -0.2) is 66.5 Å². The van der Waals surface area contributed by atoms with E-state index in [0.717, 1.165) is 18.9 Å². The lowest BCUT2D eigenvalue weighted by Gasteiger charge is -2.21. The van der Waals surface area contributed by atoms with Crippen LogP contribution in [0.25, 0.3) is 10.9 Å². The fourth-order valence-electron chi connectivity index (χ4n) is 4.09. The molecule has 11 heteroatoms. The van der Waals surface area contributed by atoms with Crippen molar-refractivity contribution in [1.82, 2.24) is 14.2 Å². The van der Waals surface area contributed by atoms with E-state index in [2.05, 4.69) is 4.98 Å². The number of carbonyl (C=O) groups is 1. The van der Waals surface area contributed by atoms with E-state index in [1.807, 2.05) is 0 Å². The summed E-state index contributed by atoms with van der Waals surface area (Å²) in [6, 6.07) is 5.05. The fraction of sp³-hybridized carbons (Fsp3) is 0.500. The van der Waals surface area contributed by atoms with Gasteiger partial charge in [-0.1, -0.05) is 6.07 Å². The molecule has 1 aromatic heterocycles. The summed E-state index contributed by atoms with van der Waals surface area (Å²) >= 11 is 0. The van der Waals surface area contributed by atoms with Gasteiger partial charge in [0.25, 0.3) is 5.91 Å². The van der Waals surface area contributed by atoms with Crippen molar-refractivity contribution in [3.63, 3.8) is 0 Å². The SMILES string of the molecule is O=C(COc1ccnc2c(C(F)(F)F)cccc12)N1CCC(S(=O)(=O)N2CCCC2)C1. The van der Waals surface area contributed by atoms with Crippen LogP contribution in [0.1, 0.15) is 24.8 Å². The molecule has 31 heavy (non-hydrogen) atoms. The van der Waals surface area contributed by atoms with Gasteiger partial charge in [-0.15, -0.1) is 0 Å². The molecule has 1 atom stereocenters. The average Bonchev–Trinajstić information content (AvgIpc) is 3.43. The molecule has 2 aliphatic rings. The summed E-state index contributed by atoms with van der Waals surface area (Å²) in [6.45, 7) is 1.03. The summed E-state index contributed by atoms with van der Waals surface area (Å²) in [6.07, 6.45) is -1.31. The number of pyridine rings is 1. The Morgan fingerprint density at radius 3 is 2.61 bits per heavy atom. The third kappa shape index (κ3) is 4.33. The molecule has 4 rings (SSSR count). The Hall–Kier alpha value is -2.40.